The molecule has 0 heterocycles. The minimum atomic E-state index is -3.57. The summed E-state index contributed by atoms with van der Waals surface area (Å²) in [5.74, 6) is 0.252. The van der Waals surface area contributed by atoms with E-state index in [0.29, 0.717) is 10.6 Å². The average Bonchev–Trinajstić information content (AvgIpc) is 2.41. The lowest BCUT2D eigenvalue weighted by Gasteiger charge is -2.16. The molecule has 2 rings (SSSR count). The van der Waals surface area contributed by atoms with E-state index in [4.69, 9.17) is 0 Å². The highest BCUT2D eigenvalue weighted by Crippen LogP contribution is 2.27. The number of rotatable bonds is 4. The fraction of sp³-hybridized carbons (Fsp3) is 0.294. The first kappa shape index (κ1) is 15.6. The van der Waals surface area contributed by atoms with Crippen molar-refractivity contribution in [3.8, 4) is 0 Å². The van der Waals surface area contributed by atoms with Crippen LogP contribution in [0.5, 0.6) is 0 Å². The second-order valence-electron chi connectivity index (χ2n) is 5.62. The molecule has 0 saturated heterocycles. The lowest BCUT2D eigenvalue weighted by atomic mass is 10.0. The van der Waals surface area contributed by atoms with Crippen LogP contribution in [0.1, 0.15) is 36.5 Å². The molecule has 0 amide bonds. The number of aryl methyl sites for hydroxylation is 2. The summed E-state index contributed by atoms with van der Waals surface area (Å²) in [5.41, 5.74) is 3.31. The fourth-order valence-corrected chi connectivity index (χ4v) is 3.71. The van der Waals surface area contributed by atoms with Gasteiger partial charge in [-0.25, -0.2) is 8.42 Å². The summed E-state index contributed by atoms with van der Waals surface area (Å²) in [7, 11) is -3.57. The maximum Gasteiger partial charge on any atom is 0.262 e. The van der Waals surface area contributed by atoms with Crippen LogP contribution in [-0.4, -0.2) is 8.42 Å². The molecule has 1 N–H and O–H groups in total. The van der Waals surface area contributed by atoms with Gasteiger partial charge in [-0.15, -0.1) is 0 Å². The molecule has 0 aliphatic carbocycles. The van der Waals surface area contributed by atoms with Crippen LogP contribution in [0, 0.1) is 13.8 Å². The number of benzene rings is 2. The van der Waals surface area contributed by atoms with Crippen LogP contribution in [0.25, 0.3) is 0 Å². The highest BCUT2D eigenvalue weighted by Gasteiger charge is 2.19. The zero-order valence-electron chi connectivity index (χ0n) is 12.8. The van der Waals surface area contributed by atoms with Crippen LogP contribution < -0.4 is 4.72 Å². The van der Waals surface area contributed by atoms with Gasteiger partial charge < -0.3 is 0 Å². The van der Waals surface area contributed by atoms with E-state index < -0.39 is 10.0 Å². The summed E-state index contributed by atoms with van der Waals surface area (Å²) in [5, 5.41) is 0. The third-order valence-corrected chi connectivity index (χ3v) is 4.97. The normalized spacial score (nSPS) is 11.7. The second kappa shape index (κ2) is 5.90. The molecule has 0 aromatic heterocycles. The zero-order valence-corrected chi connectivity index (χ0v) is 13.7. The summed E-state index contributed by atoms with van der Waals surface area (Å²) in [6.07, 6.45) is 0. The van der Waals surface area contributed by atoms with Crippen molar-refractivity contribution >= 4 is 15.7 Å². The van der Waals surface area contributed by atoms with Gasteiger partial charge in [-0.1, -0.05) is 44.2 Å². The Morgan fingerprint density at radius 3 is 2.33 bits per heavy atom. The Hall–Kier alpha value is -1.81. The Bertz CT molecular complexity index is 749. The quantitative estimate of drug-likeness (QED) is 0.919. The van der Waals surface area contributed by atoms with Gasteiger partial charge in [-0.2, -0.15) is 0 Å². The van der Waals surface area contributed by atoms with E-state index >= 15 is 0 Å². The minimum absolute atomic E-state index is 0.252. The van der Waals surface area contributed by atoms with Crippen LogP contribution in [0.4, 0.5) is 5.69 Å². The Kier molecular flexibility index (Phi) is 4.37. The van der Waals surface area contributed by atoms with E-state index in [2.05, 4.69) is 4.72 Å². The van der Waals surface area contributed by atoms with Gasteiger partial charge in [0.2, 0.25) is 0 Å². The summed E-state index contributed by atoms with van der Waals surface area (Å²) in [4.78, 5) is 0.334. The smallest absolute Gasteiger partial charge is 0.262 e. The summed E-state index contributed by atoms with van der Waals surface area (Å²) >= 11 is 0. The third kappa shape index (κ3) is 3.45. The van der Waals surface area contributed by atoms with Gasteiger partial charge >= 0.3 is 0 Å². The molecule has 0 saturated carbocycles. The second-order valence-corrected chi connectivity index (χ2v) is 7.27. The number of hydrogen-bond donors (Lipinski definition) is 1. The molecule has 0 spiro atoms. The molecule has 112 valence electrons. The number of sulfonamides is 1. The van der Waals surface area contributed by atoms with Crippen molar-refractivity contribution in [1.82, 2.24) is 0 Å². The van der Waals surface area contributed by atoms with E-state index in [9.17, 15) is 8.42 Å². The summed E-state index contributed by atoms with van der Waals surface area (Å²) in [6.45, 7) is 7.79. The van der Waals surface area contributed by atoms with Crippen molar-refractivity contribution in [2.24, 2.45) is 0 Å². The monoisotopic (exact) mass is 303 g/mol. The van der Waals surface area contributed by atoms with Crippen LogP contribution in [0.15, 0.2) is 47.4 Å². The van der Waals surface area contributed by atoms with Gasteiger partial charge in [0.1, 0.15) is 0 Å². The molecular formula is C17H21NO2S. The molecule has 0 unspecified atom stereocenters. The first-order valence-corrected chi connectivity index (χ1v) is 8.48. The summed E-state index contributed by atoms with van der Waals surface area (Å²) in [6, 6.07) is 13.0. The Morgan fingerprint density at radius 1 is 1.00 bits per heavy atom. The fourth-order valence-electron chi connectivity index (χ4n) is 2.29. The standard InChI is InChI=1S/C17H21NO2S/c1-12(2)15-7-5-6-8-16(15)18-21(19,20)17-11-13(3)9-10-14(17)4/h5-12,18H,1-4H3. The van der Waals surface area contributed by atoms with E-state index in [1.54, 1.807) is 12.1 Å². The first-order valence-electron chi connectivity index (χ1n) is 7.00. The molecular weight excluding hydrogens is 282 g/mol. The van der Waals surface area contributed by atoms with Crippen molar-refractivity contribution in [3.05, 3.63) is 59.2 Å². The first-order chi connectivity index (χ1) is 9.81. The zero-order chi connectivity index (χ0) is 15.6. The number of nitrogens with one attached hydrogen (secondary N) is 1. The van der Waals surface area contributed by atoms with Gasteiger partial charge in [0.15, 0.2) is 0 Å². The largest absolute Gasteiger partial charge is 0.279 e. The van der Waals surface area contributed by atoms with E-state index in [1.807, 2.05) is 58.0 Å². The Balaban J connectivity index is 2.45. The van der Waals surface area contributed by atoms with Gasteiger partial charge in [0, 0.05) is 0 Å². The maximum atomic E-state index is 12.6. The van der Waals surface area contributed by atoms with E-state index in [0.717, 1.165) is 16.7 Å². The molecule has 0 radical (unpaired) electrons. The molecule has 4 heteroatoms. The van der Waals surface area contributed by atoms with Crippen molar-refractivity contribution < 1.29 is 8.42 Å². The molecule has 0 fully saturated rings. The van der Waals surface area contributed by atoms with Crippen LogP contribution >= 0.6 is 0 Å². The lowest BCUT2D eigenvalue weighted by Crippen LogP contribution is -2.16. The molecule has 3 nitrogen and oxygen atoms in total. The molecule has 21 heavy (non-hydrogen) atoms. The van der Waals surface area contributed by atoms with Gasteiger partial charge in [0.05, 0.1) is 10.6 Å². The predicted octanol–water partition coefficient (Wildman–Crippen LogP) is 4.23. The van der Waals surface area contributed by atoms with Gasteiger partial charge in [-0.3, -0.25) is 4.72 Å². The highest BCUT2D eigenvalue weighted by molar-refractivity contribution is 7.92. The van der Waals surface area contributed by atoms with Crippen molar-refractivity contribution in [3.63, 3.8) is 0 Å². The van der Waals surface area contributed by atoms with Gasteiger partial charge in [0.25, 0.3) is 10.0 Å². The SMILES string of the molecule is Cc1ccc(C)c(S(=O)(=O)Nc2ccccc2C(C)C)c1. The molecule has 0 aliphatic heterocycles. The number of para-hydroxylation sites is 1. The maximum absolute atomic E-state index is 12.6. The van der Waals surface area contributed by atoms with Crippen LogP contribution in [0.2, 0.25) is 0 Å². The average molecular weight is 303 g/mol. The van der Waals surface area contributed by atoms with Crippen molar-refractivity contribution in [1.29, 1.82) is 0 Å². The molecule has 2 aromatic rings. The number of anilines is 1. The van der Waals surface area contributed by atoms with E-state index in [1.165, 1.54) is 0 Å². The topological polar surface area (TPSA) is 46.2 Å². The third-order valence-electron chi connectivity index (χ3n) is 3.46. The highest BCUT2D eigenvalue weighted by atomic mass is 32.2. The van der Waals surface area contributed by atoms with E-state index in [-0.39, 0.29) is 5.92 Å². The molecule has 2 aromatic carbocycles. The summed E-state index contributed by atoms with van der Waals surface area (Å²) < 4.78 is 28.0. The lowest BCUT2D eigenvalue weighted by molar-refractivity contribution is 0.600. The Labute approximate surface area is 127 Å². The molecule has 0 atom stereocenters. The molecule has 0 bridgehead atoms. The van der Waals surface area contributed by atoms with Crippen molar-refractivity contribution in [2.75, 3.05) is 4.72 Å². The van der Waals surface area contributed by atoms with Gasteiger partial charge in [-0.05, 0) is 48.6 Å². The molecule has 0 aliphatic rings. The Morgan fingerprint density at radius 2 is 1.67 bits per heavy atom. The van der Waals surface area contributed by atoms with Crippen LogP contribution in [0.3, 0.4) is 0 Å². The predicted molar refractivity (Wildman–Crippen MR) is 87.3 cm³/mol. The minimum Gasteiger partial charge on any atom is -0.279 e. The van der Waals surface area contributed by atoms with Crippen molar-refractivity contribution in [2.45, 2.75) is 38.5 Å². The van der Waals surface area contributed by atoms with Crippen LogP contribution in [-0.2, 0) is 10.0 Å². The number of hydrogen-bond acceptors (Lipinski definition) is 2.